The normalized spacial score (nSPS) is 12.6. The van der Waals surface area contributed by atoms with Crippen LogP contribution in [0, 0.1) is 0 Å². The van der Waals surface area contributed by atoms with Crippen LogP contribution < -0.4 is 0 Å². The number of rotatable bonds is 11. The molecule has 0 saturated carbocycles. The quantitative estimate of drug-likeness (QED) is 0.117. The molecule has 0 bridgehead atoms. The van der Waals surface area contributed by atoms with Crippen molar-refractivity contribution in [3.63, 3.8) is 0 Å². The van der Waals surface area contributed by atoms with Crippen LogP contribution in [0.5, 0.6) is 0 Å². The summed E-state index contributed by atoms with van der Waals surface area (Å²) in [5.41, 5.74) is 20.8. The van der Waals surface area contributed by atoms with Gasteiger partial charge in [0.25, 0.3) is 0 Å². The van der Waals surface area contributed by atoms with E-state index in [1.54, 1.807) is 0 Å². The first kappa shape index (κ1) is 84.5. The number of fused-ring (bicyclic) bond motifs is 24. The molecule has 9 heteroatoms. The Morgan fingerprint density at radius 2 is 0.375 bits per heavy atom. The molecule has 0 amide bonds. The van der Waals surface area contributed by atoms with Crippen molar-refractivity contribution in [1.82, 2.24) is 44.9 Å². The highest BCUT2D eigenvalue weighted by Gasteiger charge is 2.46. The highest BCUT2D eigenvalue weighted by Crippen LogP contribution is 2.58. The molecule has 0 spiro atoms. The van der Waals surface area contributed by atoms with E-state index in [9.17, 15) is 0 Å². The first-order valence-electron chi connectivity index (χ1n) is 49.1. The van der Waals surface area contributed by atoms with E-state index in [1.165, 1.54) is 147 Å². The van der Waals surface area contributed by atoms with Crippen LogP contribution in [0.2, 0.25) is 0 Å². The Labute approximate surface area is 831 Å². The van der Waals surface area contributed by atoms with Crippen molar-refractivity contribution in [3.05, 3.63) is 525 Å². The van der Waals surface area contributed by atoms with Crippen molar-refractivity contribution in [2.45, 2.75) is 24.7 Å². The molecule has 24 aromatic carbocycles. The zero-order valence-electron chi connectivity index (χ0n) is 78.8. The maximum atomic E-state index is 5.33. The van der Waals surface area contributed by atoms with Gasteiger partial charge in [-0.05, 0) is 192 Å². The Morgan fingerprint density at radius 3 is 0.799 bits per heavy atom. The van der Waals surface area contributed by atoms with Gasteiger partial charge in [-0.25, -0.2) is 44.9 Å². The number of nitrogens with zero attached hydrogens (tertiary/aromatic N) is 9. The van der Waals surface area contributed by atoms with Gasteiger partial charge >= 0.3 is 0 Å². The van der Waals surface area contributed by atoms with E-state index in [2.05, 4.69) is 451 Å². The van der Waals surface area contributed by atoms with Crippen LogP contribution in [-0.2, 0) is 10.8 Å². The molecule has 0 unspecified atom stereocenters. The van der Waals surface area contributed by atoms with Crippen LogP contribution in [0.4, 0.5) is 0 Å². The fourth-order valence-electron chi connectivity index (χ4n) is 22.8. The fraction of sp³-hybridized carbons (Fsp3) is 0.0296. The number of aromatic nitrogens is 9. The molecule has 0 N–H and O–H groups in total. The van der Waals surface area contributed by atoms with Gasteiger partial charge < -0.3 is 0 Å². The Morgan fingerprint density at radius 1 is 0.132 bits per heavy atom. The molecule has 3 heterocycles. The summed E-state index contributed by atoms with van der Waals surface area (Å²) in [5, 5.41) is 26.5. The molecule has 2 aliphatic rings. The lowest BCUT2D eigenvalue weighted by atomic mass is 9.67. The zero-order valence-corrected chi connectivity index (χ0v) is 78.8. The zero-order chi connectivity index (χ0) is 95.5. The molecule has 0 fully saturated rings. The second-order valence-electron chi connectivity index (χ2n) is 38.0. The third-order valence-electron chi connectivity index (χ3n) is 29.6. The molecule has 0 saturated heterocycles. The summed E-state index contributed by atoms with van der Waals surface area (Å²) in [4.78, 5) is 46.5. The van der Waals surface area contributed by atoms with Crippen LogP contribution in [-0.4, -0.2) is 44.9 Å². The average molecular weight is 1840 g/mol. The summed E-state index contributed by atoms with van der Waals surface area (Å²) in [6, 6.07) is 175. The van der Waals surface area contributed by atoms with Crippen LogP contribution in [0.15, 0.2) is 491 Å². The summed E-state index contributed by atoms with van der Waals surface area (Å²) in [6.07, 6.45) is 0. The molecule has 0 atom stereocenters. The maximum Gasteiger partial charge on any atom is 0.164 e. The molecule has 9 nitrogen and oxygen atoms in total. The van der Waals surface area contributed by atoms with Crippen LogP contribution in [0.3, 0.4) is 0 Å². The smallest absolute Gasteiger partial charge is 0.164 e. The third kappa shape index (κ3) is 14.2. The molecule has 672 valence electrons. The van der Waals surface area contributed by atoms with Gasteiger partial charge in [-0.2, -0.15) is 0 Å². The van der Waals surface area contributed by atoms with Gasteiger partial charge in [0.05, 0.1) is 5.41 Å². The van der Waals surface area contributed by atoms with Crippen molar-refractivity contribution in [2.75, 3.05) is 0 Å². The van der Waals surface area contributed by atoms with E-state index in [4.69, 9.17) is 44.9 Å². The first-order chi connectivity index (χ1) is 71.1. The van der Waals surface area contributed by atoms with Gasteiger partial charge in [-0.1, -0.05) is 487 Å². The summed E-state index contributed by atoms with van der Waals surface area (Å²) < 4.78 is 0. The monoisotopic (exact) mass is 1830 g/mol. The van der Waals surface area contributed by atoms with Gasteiger partial charge in [0, 0.05) is 55.5 Å². The molecule has 27 aromatic rings. The van der Waals surface area contributed by atoms with E-state index < -0.39 is 5.41 Å². The number of benzene rings is 24. The Hall–Kier alpha value is -18.8. The van der Waals surface area contributed by atoms with Crippen molar-refractivity contribution in [2.24, 2.45) is 0 Å². The van der Waals surface area contributed by atoms with Gasteiger partial charge in [0.15, 0.2) is 52.4 Å². The van der Waals surface area contributed by atoms with Crippen molar-refractivity contribution < 1.29 is 0 Å². The lowest BCUT2D eigenvalue weighted by Gasteiger charge is -2.34. The van der Waals surface area contributed by atoms with Gasteiger partial charge in [0.2, 0.25) is 0 Å². The average Bonchev–Trinajstić information content (AvgIpc) is 1.53. The second-order valence-corrected chi connectivity index (χ2v) is 38.0. The lowest BCUT2D eigenvalue weighted by Crippen LogP contribution is -2.28. The van der Waals surface area contributed by atoms with Gasteiger partial charge in [0.1, 0.15) is 0 Å². The standard InChI is InChI=1S/C52H33N3.C42H29N3.C41H25N3/c1-4-16-35(17-5-1)49-53-50(55-51(54-49)46-25-14-24-40-42-29-27-34-15-10-11-22-39(34)41(42)31-32-43(40)46)36-28-30-45-44-23-12-13-26-47(44)52(48(45)33-36,37-18-6-2-7-19-37)38-20-8-3-9-21-38;1-42(2)37-18-9-8-15-34(37)35-22-20-28(25-38(35)42)40-43-39(27-12-4-3-5-13-27)44-41(45-40)36-17-10-16-30-32-21-19-26-11-6-7-14-29(26)31(32)23-24-33(30)36;1-2-12-27(13-3-1)39-42-40(44-41(43-39)38-25-28-14-5-7-16-30(28)31-17-8-9-18-33(31)38)37-20-10-19-32-35-22-21-26-11-4-6-15-29(26)34(35)23-24-36(32)37/h1-33H;3-25H,1-2H3;1-25H. The molecule has 0 radical (unpaired) electrons. The van der Waals surface area contributed by atoms with Crippen LogP contribution in [0.1, 0.15) is 47.2 Å². The number of hydrogen-bond donors (Lipinski definition) is 0. The molecule has 2 aliphatic carbocycles. The Bertz CT molecular complexity index is 9840. The van der Waals surface area contributed by atoms with Crippen molar-refractivity contribution >= 4 is 118 Å². The van der Waals surface area contributed by atoms with E-state index >= 15 is 0 Å². The second kappa shape index (κ2) is 34.6. The van der Waals surface area contributed by atoms with Crippen LogP contribution in [0.25, 0.3) is 243 Å². The molecular formula is C135H87N9. The van der Waals surface area contributed by atoms with Gasteiger partial charge in [-0.3, -0.25) is 0 Å². The van der Waals surface area contributed by atoms with Crippen LogP contribution >= 0.6 is 0 Å². The fourth-order valence-corrected chi connectivity index (χ4v) is 22.8. The Balaban J connectivity index is 0.000000108. The Kier molecular flexibility index (Phi) is 20.3. The summed E-state index contributed by atoms with van der Waals surface area (Å²) in [6.45, 7) is 4.61. The summed E-state index contributed by atoms with van der Waals surface area (Å²) in [5.74, 6) is 5.94. The molecular weight excluding hydrogens is 1750 g/mol. The largest absolute Gasteiger partial charge is 0.208 e. The SMILES string of the molecule is CC1(C)c2ccccc2-c2ccc(-c3nc(-c4ccccc4)nc(-c4cccc5c4ccc4c6ccccc6ccc54)n3)cc21.c1ccc(-c2nc(-c3cc4ccccc4c4ccccc34)nc(-c3cccc4c3ccc3c5ccccc5ccc43)n2)cc1.c1ccc(-c2nc(-c3ccc4c(c3)C(c3ccccc3)(c3ccccc3)c3ccccc3-4)nc(-c3cccc4c3ccc3c5ccccc5ccc43)n2)cc1. The summed E-state index contributed by atoms with van der Waals surface area (Å²) in [7, 11) is 0. The topological polar surface area (TPSA) is 116 Å². The molecule has 0 aliphatic heterocycles. The van der Waals surface area contributed by atoms with E-state index in [0.29, 0.717) is 52.4 Å². The molecule has 144 heavy (non-hydrogen) atoms. The molecule has 3 aromatic heterocycles. The van der Waals surface area contributed by atoms with Crippen molar-refractivity contribution in [1.29, 1.82) is 0 Å². The first-order valence-corrected chi connectivity index (χ1v) is 49.1. The van der Waals surface area contributed by atoms with E-state index in [1.807, 2.05) is 54.6 Å². The highest BCUT2D eigenvalue weighted by molar-refractivity contribution is 6.23. The minimum atomic E-state index is -0.524. The maximum absolute atomic E-state index is 5.33. The highest BCUT2D eigenvalue weighted by atomic mass is 15.1. The predicted molar refractivity (Wildman–Crippen MR) is 596 cm³/mol. The predicted octanol–water partition coefficient (Wildman–Crippen LogP) is 34.0. The van der Waals surface area contributed by atoms with Gasteiger partial charge in [-0.15, -0.1) is 0 Å². The summed E-state index contributed by atoms with van der Waals surface area (Å²) >= 11 is 0. The van der Waals surface area contributed by atoms with E-state index in [0.717, 1.165) is 77.0 Å². The molecule has 29 rings (SSSR count). The van der Waals surface area contributed by atoms with Crippen molar-refractivity contribution in [3.8, 4) is 125 Å². The minimum Gasteiger partial charge on any atom is -0.208 e. The number of hydrogen-bond acceptors (Lipinski definition) is 9. The van der Waals surface area contributed by atoms with E-state index in [-0.39, 0.29) is 5.41 Å². The third-order valence-corrected chi connectivity index (χ3v) is 29.6. The minimum absolute atomic E-state index is 0.110. The lowest BCUT2D eigenvalue weighted by molar-refractivity contribution is 0.660.